The number of halogens is 2. The summed E-state index contributed by atoms with van der Waals surface area (Å²) < 4.78 is 7.45. The SMILES string of the molecule is CC(=O)NCCc1cc(Br)c(OCCCN2C(=O)c3ccccc3C2=O)c(Br)c1. The van der Waals surface area contributed by atoms with Crippen molar-refractivity contribution in [3.05, 3.63) is 62.0 Å². The number of benzene rings is 2. The third kappa shape index (κ3) is 5.05. The first-order chi connectivity index (χ1) is 13.9. The fraction of sp³-hybridized carbons (Fsp3) is 0.286. The Morgan fingerprint density at radius 3 is 2.21 bits per heavy atom. The van der Waals surface area contributed by atoms with Crippen LogP contribution in [0.2, 0.25) is 0 Å². The molecule has 0 atom stereocenters. The van der Waals surface area contributed by atoms with Gasteiger partial charge in [-0.3, -0.25) is 19.3 Å². The largest absolute Gasteiger partial charge is 0.491 e. The van der Waals surface area contributed by atoms with Gasteiger partial charge in [0.05, 0.1) is 26.7 Å². The highest BCUT2D eigenvalue weighted by Gasteiger charge is 2.34. The Labute approximate surface area is 185 Å². The van der Waals surface area contributed by atoms with Crippen LogP contribution in [0.25, 0.3) is 0 Å². The van der Waals surface area contributed by atoms with E-state index in [9.17, 15) is 14.4 Å². The highest BCUT2D eigenvalue weighted by atomic mass is 79.9. The number of amides is 3. The van der Waals surface area contributed by atoms with Gasteiger partial charge in [-0.15, -0.1) is 0 Å². The molecule has 0 fully saturated rings. The maximum absolute atomic E-state index is 12.4. The summed E-state index contributed by atoms with van der Waals surface area (Å²) in [6.45, 7) is 2.71. The number of nitrogens with one attached hydrogen (secondary N) is 1. The van der Waals surface area contributed by atoms with Gasteiger partial charge in [0, 0.05) is 20.0 Å². The minimum absolute atomic E-state index is 0.0545. The molecule has 0 aliphatic carbocycles. The second kappa shape index (κ2) is 9.54. The molecule has 3 rings (SSSR count). The highest BCUT2D eigenvalue weighted by Crippen LogP contribution is 2.35. The maximum atomic E-state index is 12.4. The van der Waals surface area contributed by atoms with Crippen LogP contribution in [-0.4, -0.2) is 42.3 Å². The summed E-state index contributed by atoms with van der Waals surface area (Å²) >= 11 is 7.03. The zero-order chi connectivity index (χ0) is 21.0. The fourth-order valence-electron chi connectivity index (χ4n) is 3.12. The van der Waals surface area contributed by atoms with E-state index in [1.165, 1.54) is 11.8 Å². The second-order valence-corrected chi connectivity index (χ2v) is 8.34. The molecule has 2 aromatic carbocycles. The molecule has 1 aliphatic heterocycles. The predicted octanol–water partition coefficient (Wildman–Crippen LogP) is 3.96. The molecule has 0 unspecified atom stereocenters. The first-order valence-electron chi connectivity index (χ1n) is 9.19. The number of rotatable bonds is 8. The van der Waals surface area contributed by atoms with E-state index in [0.717, 1.165) is 14.5 Å². The lowest BCUT2D eigenvalue weighted by molar-refractivity contribution is -0.118. The monoisotopic (exact) mass is 522 g/mol. The normalized spacial score (nSPS) is 12.9. The first-order valence-corrected chi connectivity index (χ1v) is 10.8. The average molecular weight is 524 g/mol. The van der Waals surface area contributed by atoms with Crippen LogP contribution in [0.3, 0.4) is 0 Å². The quantitative estimate of drug-likeness (QED) is 0.420. The van der Waals surface area contributed by atoms with Gasteiger partial charge in [-0.25, -0.2) is 0 Å². The summed E-state index contributed by atoms with van der Waals surface area (Å²) in [4.78, 5) is 37.0. The molecule has 1 N–H and O–H groups in total. The van der Waals surface area contributed by atoms with Crippen molar-refractivity contribution in [3.8, 4) is 5.75 Å². The van der Waals surface area contributed by atoms with E-state index in [4.69, 9.17) is 4.74 Å². The van der Waals surface area contributed by atoms with Gasteiger partial charge in [0.15, 0.2) is 0 Å². The van der Waals surface area contributed by atoms with Crippen molar-refractivity contribution < 1.29 is 19.1 Å². The van der Waals surface area contributed by atoms with Crippen molar-refractivity contribution in [2.24, 2.45) is 0 Å². The molecule has 6 nitrogen and oxygen atoms in total. The molecule has 0 aromatic heterocycles. The smallest absolute Gasteiger partial charge is 0.261 e. The van der Waals surface area contributed by atoms with Gasteiger partial charge in [0.25, 0.3) is 11.8 Å². The Morgan fingerprint density at radius 2 is 1.66 bits per heavy atom. The third-order valence-corrected chi connectivity index (χ3v) is 5.67. The van der Waals surface area contributed by atoms with Gasteiger partial charge >= 0.3 is 0 Å². The van der Waals surface area contributed by atoms with Crippen molar-refractivity contribution in [1.29, 1.82) is 0 Å². The molecule has 8 heteroatoms. The highest BCUT2D eigenvalue weighted by molar-refractivity contribution is 9.11. The van der Waals surface area contributed by atoms with E-state index < -0.39 is 0 Å². The molecule has 29 heavy (non-hydrogen) atoms. The Morgan fingerprint density at radius 1 is 1.07 bits per heavy atom. The lowest BCUT2D eigenvalue weighted by atomic mass is 10.1. The first kappa shape index (κ1) is 21.5. The van der Waals surface area contributed by atoms with Crippen LogP contribution in [-0.2, 0) is 11.2 Å². The third-order valence-electron chi connectivity index (χ3n) is 4.50. The molecule has 0 saturated carbocycles. The number of ether oxygens (including phenoxy) is 1. The maximum Gasteiger partial charge on any atom is 0.261 e. The van der Waals surface area contributed by atoms with Gasteiger partial charge in [-0.05, 0) is 74.5 Å². The molecular weight excluding hydrogens is 504 g/mol. The van der Waals surface area contributed by atoms with Gasteiger partial charge in [0.2, 0.25) is 5.91 Å². The molecule has 152 valence electrons. The van der Waals surface area contributed by atoms with Gasteiger partial charge in [-0.1, -0.05) is 12.1 Å². The number of imide groups is 1. The van der Waals surface area contributed by atoms with E-state index >= 15 is 0 Å². The summed E-state index contributed by atoms with van der Waals surface area (Å²) in [5, 5.41) is 2.77. The zero-order valence-corrected chi connectivity index (χ0v) is 19.0. The van der Waals surface area contributed by atoms with Crippen LogP contribution in [0.1, 0.15) is 39.6 Å². The lowest BCUT2D eigenvalue weighted by Gasteiger charge is -2.15. The summed E-state index contributed by atoms with van der Waals surface area (Å²) in [7, 11) is 0. The van der Waals surface area contributed by atoms with Crippen LogP contribution in [0, 0.1) is 0 Å². The zero-order valence-electron chi connectivity index (χ0n) is 15.8. The van der Waals surface area contributed by atoms with Crippen molar-refractivity contribution in [1.82, 2.24) is 10.2 Å². The molecule has 2 aromatic rings. The Bertz CT molecular complexity index is 903. The van der Waals surface area contributed by atoms with Crippen LogP contribution in [0.4, 0.5) is 0 Å². The Balaban J connectivity index is 1.53. The van der Waals surface area contributed by atoms with Crippen LogP contribution >= 0.6 is 31.9 Å². The van der Waals surface area contributed by atoms with E-state index in [0.29, 0.717) is 49.4 Å². The minimum atomic E-state index is -0.253. The minimum Gasteiger partial charge on any atom is -0.491 e. The summed E-state index contributed by atoms with van der Waals surface area (Å²) in [5.74, 6) is 0.102. The van der Waals surface area contributed by atoms with Crippen molar-refractivity contribution in [2.75, 3.05) is 19.7 Å². The standard InChI is InChI=1S/C21H20Br2N2O4/c1-13(26)24-8-7-14-11-17(22)19(18(23)12-14)29-10-4-9-25-20(27)15-5-2-3-6-16(15)21(25)28/h2-3,5-6,11-12H,4,7-10H2,1H3,(H,24,26). The van der Waals surface area contributed by atoms with E-state index in [1.54, 1.807) is 24.3 Å². The van der Waals surface area contributed by atoms with E-state index in [-0.39, 0.29) is 17.7 Å². The summed E-state index contributed by atoms with van der Waals surface area (Å²) in [5.41, 5.74) is 1.97. The number of fused-ring (bicyclic) bond motifs is 1. The van der Waals surface area contributed by atoms with Crippen molar-refractivity contribution >= 4 is 49.6 Å². The number of hydrogen-bond acceptors (Lipinski definition) is 4. The second-order valence-electron chi connectivity index (χ2n) is 6.63. The lowest BCUT2D eigenvalue weighted by Crippen LogP contribution is -2.31. The molecule has 0 spiro atoms. The Kier molecular flexibility index (Phi) is 7.08. The fourth-order valence-corrected chi connectivity index (χ4v) is 4.63. The summed E-state index contributed by atoms with van der Waals surface area (Å²) in [6.07, 6.45) is 1.23. The molecule has 3 amide bonds. The van der Waals surface area contributed by atoms with Crippen LogP contribution in [0.5, 0.6) is 5.75 Å². The molecule has 0 bridgehead atoms. The van der Waals surface area contributed by atoms with Crippen LogP contribution in [0.15, 0.2) is 45.3 Å². The summed E-state index contributed by atoms with van der Waals surface area (Å²) in [6, 6.07) is 10.8. The van der Waals surface area contributed by atoms with E-state index in [1.807, 2.05) is 12.1 Å². The predicted molar refractivity (Wildman–Crippen MR) is 116 cm³/mol. The van der Waals surface area contributed by atoms with Crippen LogP contribution < -0.4 is 10.1 Å². The molecular formula is C21H20Br2N2O4. The van der Waals surface area contributed by atoms with Gasteiger partial charge < -0.3 is 10.1 Å². The number of hydrogen-bond donors (Lipinski definition) is 1. The number of nitrogens with zero attached hydrogens (tertiary/aromatic N) is 1. The molecule has 1 aliphatic rings. The van der Waals surface area contributed by atoms with Crippen molar-refractivity contribution in [3.63, 3.8) is 0 Å². The van der Waals surface area contributed by atoms with E-state index in [2.05, 4.69) is 37.2 Å². The molecule has 1 heterocycles. The number of carbonyl (C=O) groups excluding carboxylic acids is 3. The molecule has 0 radical (unpaired) electrons. The Hall–Kier alpha value is -2.19. The number of carbonyl (C=O) groups is 3. The molecule has 0 saturated heterocycles. The van der Waals surface area contributed by atoms with Gasteiger partial charge in [-0.2, -0.15) is 0 Å². The van der Waals surface area contributed by atoms with Crippen molar-refractivity contribution in [2.45, 2.75) is 19.8 Å². The van der Waals surface area contributed by atoms with Gasteiger partial charge in [0.1, 0.15) is 5.75 Å². The topological polar surface area (TPSA) is 75.7 Å². The average Bonchev–Trinajstić information content (AvgIpc) is 2.91.